The van der Waals surface area contributed by atoms with Crippen molar-refractivity contribution < 1.29 is 34.4 Å². The monoisotopic (exact) mass is 347 g/mol. The summed E-state index contributed by atoms with van der Waals surface area (Å²) >= 11 is 0. The third-order valence-corrected chi connectivity index (χ3v) is 4.43. The van der Waals surface area contributed by atoms with Gasteiger partial charge in [-0.2, -0.15) is 0 Å². The number of ether oxygens (including phenoxy) is 1. The van der Waals surface area contributed by atoms with E-state index in [0.29, 0.717) is 4.34 Å². The highest BCUT2D eigenvalue weighted by atomic mass is 31.2. The number of aliphatic hydroxyl groups is 3. The second kappa shape index (κ2) is 5.46. The standard InChI is InChI=1S/C10H14N5O7P/c11-8-5-9(15(3-13-8)23(19,20)21)14(2-12-5)10-7(18)6(17)4(1-16)22-10/h2-4,6-7,10-11,16-18H,1H2,(H2,19,20,21). The van der Waals surface area contributed by atoms with Crippen molar-refractivity contribution in [2.75, 3.05) is 6.61 Å². The van der Waals surface area contributed by atoms with Gasteiger partial charge in [0.1, 0.15) is 24.6 Å². The second-order valence-electron chi connectivity index (χ2n) is 5.00. The van der Waals surface area contributed by atoms with E-state index in [9.17, 15) is 24.6 Å². The molecule has 2 aromatic heterocycles. The van der Waals surface area contributed by atoms with Gasteiger partial charge in [0.05, 0.1) is 12.9 Å². The Labute approximate surface area is 128 Å². The van der Waals surface area contributed by atoms with E-state index >= 15 is 0 Å². The lowest BCUT2D eigenvalue weighted by molar-refractivity contribution is -0.0512. The van der Waals surface area contributed by atoms with Crippen molar-refractivity contribution in [3.05, 3.63) is 18.1 Å². The van der Waals surface area contributed by atoms with Crippen molar-refractivity contribution in [1.29, 1.82) is 5.41 Å². The molecular formula is C10H14N5O7P. The van der Waals surface area contributed by atoms with Crippen molar-refractivity contribution in [1.82, 2.24) is 18.9 Å². The number of hydrogen-bond acceptors (Lipinski definition) is 8. The van der Waals surface area contributed by atoms with Crippen LogP contribution in [-0.4, -0.2) is 68.9 Å². The first-order valence-corrected chi connectivity index (χ1v) is 8.00. The van der Waals surface area contributed by atoms with E-state index in [4.69, 9.17) is 15.3 Å². The summed E-state index contributed by atoms with van der Waals surface area (Å²) in [5.41, 5.74) is -0.642. The second-order valence-corrected chi connectivity index (χ2v) is 6.46. The first-order valence-electron chi connectivity index (χ1n) is 6.43. The van der Waals surface area contributed by atoms with Crippen LogP contribution in [0.3, 0.4) is 0 Å². The van der Waals surface area contributed by atoms with Gasteiger partial charge in [0.2, 0.25) is 0 Å². The molecule has 4 atom stereocenters. The number of imidazole rings is 1. The van der Waals surface area contributed by atoms with Gasteiger partial charge in [0.15, 0.2) is 22.9 Å². The molecule has 0 spiro atoms. The lowest BCUT2D eigenvalue weighted by atomic mass is 10.1. The molecule has 1 fully saturated rings. The Morgan fingerprint density at radius 2 is 1.96 bits per heavy atom. The maximum atomic E-state index is 11.6. The van der Waals surface area contributed by atoms with Gasteiger partial charge in [0.25, 0.3) is 0 Å². The predicted molar refractivity (Wildman–Crippen MR) is 71.8 cm³/mol. The molecule has 1 saturated heterocycles. The van der Waals surface area contributed by atoms with Crippen LogP contribution in [0.4, 0.5) is 0 Å². The SMILES string of the molecule is N=c1ncn(P(=O)(O)O)c2c1ncn2C1OC(CO)C(O)C1O. The van der Waals surface area contributed by atoms with E-state index in [2.05, 4.69) is 9.97 Å². The largest absolute Gasteiger partial charge is 0.436 e. The van der Waals surface area contributed by atoms with Crippen LogP contribution < -0.4 is 5.49 Å². The maximum Gasteiger partial charge on any atom is 0.436 e. The van der Waals surface area contributed by atoms with Crippen molar-refractivity contribution in [2.24, 2.45) is 0 Å². The van der Waals surface area contributed by atoms with Gasteiger partial charge in [-0.25, -0.2) is 18.9 Å². The van der Waals surface area contributed by atoms with Crippen molar-refractivity contribution in [3.63, 3.8) is 0 Å². The van der Waals surface area contributed by atoms with Gasteiger partial charge in [-0.1, -0.05) is 0 Å². The van der Waals surface area contributed by atoms with E-state index in [1.54, 1.807) is 0 Å². The number of hydrogen-bond donors (Lipinski definition) is 6. The Balaban J connectivity index is 2.22. The normalized spacial score (nSPS) is 28.6. The van der Waals surface area contributed by atoms with E-state index in [-0.39, 0.29) is 16.7 Å². The summed E-state index contributed by atoms with van der Waals surface area (Å²) in [6.07, 6.45) is -3.26. The Morgan fingerprint density at radius 3 is 2.52 bits per heavy atom. The van der Waals surface area contributed by atoms with E-state index in [1.807, 2.05) is 0 Å². The lowest BCUT2D eigenvalue weighted by Crippen LogP contribution is -2.33. The van der Waals surface area contributed by atoms with Crippen LogP contribution in [0.1, 0.15) is 6.23 Å². The molecule has 3 heterocycles. The summed E-state index contributed by atoms with van der Waals surface area (Å²) in [6, 6.07) is 0. The number of aromatic nitrogens is 4. The first kappa shape index (κ1) is 16.2. The molecular weight excluding hydrogens is 333 g/mol. The Bertz CT molecular complexity index is 844. The third-order valence-electron chi connectivity index (χ3n) is 3.58. The molecule has 3 rings (SSSR count). The molecule has 12 nitrogen and oxygen atoms in total. The van der Waals surface area contributed by atoms with Gasteiger partial charge < -0.3 is 29.8 Å². The number of nitrogens with one attached hydrogen (secondary N) is 1. The fourth-order valence-corrected chi connectivity index (χ4v) is 3.09. The van der Waals surface area contributed by atoms with Gasteiger partial charge >= 0.3 is 7.75 Å². The Kier molecular flexibility index (Phi) is 3.84. The summed E-state index contributed by atoms with van der Waals surface area (Å²) in [7, 11) is -4.81. The summed E-state index contributed by atoms with van der Waals surface area (Å²) < 4.78 is 18.5. The highest BCUT2D eigenvalue weighted by molar-refractivity contribution is 7.50. The number of rotatable bonds is 3. The van der Waals surface area contributed by atoms with Crippen molar-refractivity contribution >= 4 is 18.9 Å². The van der Waals surface area contributed by atoms with Crippen molar-refractivity contribution in [3.8, 4) is 0 Å². The van der Waals surface area contributed by atoms with E-state index < -0.39 is 38.9 Å². The summed E-state index contributed by atoms with van der Waals surface area (Å²) in [4.78, 5) is 26.2. The van der Waals surface area contributed by atoms with Crippen LogP contribution in [0, 0.1) is 5.41 Å². The van der Waals surface area contributed by atoms with Gasteiger partial charge in [-0.05, 0) is 0 Å². The fourth-order valence-electron chi connectivity index (χ4n) is 2.46. The number of nitrogens with zero attached hydrogens (tertiary/aromatic N) is 4. The number of aliphatic hydroxyl groups excluding tert-OH is 3. The first-order chi connectivity index (χ1) is 10.8. The Morgan fingerprint density at radius 1 is 1.26 bits per heavy atom. The van der Waals surface area contributed by atoms with Crippen LogP contribution in [0.25, 0.3) is 11.2 Å². The average molecular weight is 347 g/mol. The molecule has 126 valence electrons. The van der Waals surface area contributed by atoms with Gasteiger partial charge in [-0.3, -0.25) is 9.98 Å². The zero-order valence-electron chi connectivity index (χ0n) is 11.5. The molecule has 4 unspecified atom stereocenters. The number of fused-ring (bicyclic) bond motifs is 1. The van der Waals surface area contributed by atoms with Crippen LogP contribution in [0.2, 0.25) is 0 Å². The van der Waals surface area contributed by atoms with Crippen LogP contribution in [-0.2, 0) is 9.30 Å². The molecule has 0 radical (unpaired) electrons. The molecule has 1 aliphatic rings. The van der Waals surface area contributed by atoms with Crippen molar-refractivity contribution in [2.45, 2.75) is 24.5 Å². The molecule has 1 aliphatic heterocycles. The molecule has 13 heteroatoms. The van der Waals surface area contributed by atoms with Crippen LogP contribution in [0.15, 0.2) is 12.7 Å². The minimum Gasteiger partial charge on any atom is -0.394 e. The van der Waals surface area contributed by atoms with E-state index in [0.717, 1.165) is 17.2 Å². The molecule has 0 amide bonds. The summed E-state index contributed by atoms with van der Waals surface area (Å²) in [6.45, 7) is -0.550. The van der Waals surface area contributed by atoms with E-state index in [1.165, 1.54) is 0 Å². The van der Waals surface area contributed by atoms with Gasteiger partial charge in [0, 0.05) is 0 Å². The molecule has 0 aliphatic carbocycles. The average Bonchev–Trinajstić information content (AvgIpc) is 3.02. The summed E-state index contributed by atoms with van der Waals surface area (Å²) in [5, 5.41) is 36.6. The van der Waals surface area contributed by atoms with Crippen LogP contribution >= 0.6 is 7.75 Å². The highest BCUT2D eigenvalue weighted by Gasteiger charge is 2.44. The molecule has 6 N–H and O–H groups in total. The third kappa shape index (κ3) is 2.50. The topological polar surface area (TPSA) is 187 Å². The highest BCUT2D eigenvalue weighted by Crippen LogP contribution is 2.40. The molecule has 0 saturated carbocycles. The smallest absolute Gasteiger partial charge is 0.394 e. The fraction of sp³-hybridized carbons (Fsp3) is 0.500. The zero-order chi connectivity index (χ0) is 16.9. The molecule has 0 bridgehead atoms. The maximum absolute atomic E-state index is 11.6. The molecule has 23 heavy (non-hydrogen) atoms. The molecule has 0 aromatic carbocycles. The quantitative estimate of drug-likeness (QED) is 0.320. The minimum atomic E-state index is -4.81. The minimum absolute atomic E-state index is 0.117. The van der Waals surface area contributed by atoms with Gasteiger partial charge in [-0.15, -0.1) is 0 Å². The summed E-state index contributed by atoms with van der Waals surface area (Å²) in [5.74, 6) is 0. The lowest BCUT2D eigenvalue weighted by Gasteiger charge is -2.19. The predicted octanol–water partition coefficient (Wildman–Crippen LogP) is -2.74. The van der Waals surface area contributed by atoms with Crippen LogP contribution in [0.5, 0.6) is 0 Å². The zero-order valence-corrected chi connectivity index (χ0v) is 12.4. The molecule has 2 aromatic rings. The Hall–Kier alpha value is -1.66.